The van der Waals surface area contributed by atoms with Gasteiger partial charge >= 0.3 is 6.98 Å². The summed E-state index contributed by atoms with van der Waals surface area (Å²) >= 11 is 0. The number of rotatable bonds is 6. The smallest absolute Gasteiger partial charge is 0.496 e. The van der Waals surface area contributed by atoms with Crippen LogP contribution in [0.2, 0.25) is 0 Å². The van der Waals surface area contributed by atoms with Crippen molar-refractivity contribution >= 4 is 12.4 Å². The van der Waals surface area contributed by atoms with Crippen LogP contribution in [0.5, 0.6) is 5.75 Å². The SMILES string of the molecule is CCCC(C)COc1ccc(F)cc1[B-](F)(F)F. The predicted octanol–water partition coefficient (Wildman–Crippen LogP) is 3.70. The summed E-state index contributed by atoms with van der Waals surface area (Å²) in [4.78, 5) is 0. The van der Waals surface area contributed by atoms with Gasteiger partial charge in [0.15, 0.2) is 0 Å². The Kier molecular flexibility index (Phi) is 5.05. The zero-order valence-electron chi connectivity index (χ0n) is 10.4. The zero-order chi connectivity index (χ0) is 13.8. The van der Waals surface area contributed by atoms with Gasteiger partial charge in [-0.25, -0.2) is 4.39 Å². The molecular weight excluding hydrogens is 247 g/mol. The summed E-state index contributed by atoms with van der Waals surface area (Å²) < 4.78 is 56.2. The van der Waals surface area contributed by atoms with Crippen molar-refractivity contribution in [2.75, 3.05) is 6.61 Å². The first-order valence-electron chi connectivity index (χ1n) is 5.96. The van der Waals surface area contributed by atoms with E-state index in [-0.39, 0.29) is 18.3 Å². The lowest BCUT2D eigenvalue weighted by Crippen LogP contribution is -2.36. The first-order valence-corrected chi connectivity index (χ1v) is 5.96. The number of ether oxygens (including phenoxy) is 1. The van der Waals surface area contributed by atoms with E-state index >= 15 is 0 Å². The number of hydrogen-bond acceptors (Lipinski definition) is 1. The predicted molar refractivity (Wildman–Crippen MR) is 64.7 cm³/mol. The molecular formula is C12H16BF4O-. The Morgan fingerprint density at radius 1 is 1.28 bits per heavy atom. The zero-order valence-corrected chi connectivity index (χ0v) is 10.4. The molecule has 0 aliphatic heterocycles. The molecule has 1 atom stereocenters. The lowest BCUT2D eigenvalue weighted by Gasteiger charge is -2.21. The van der Waals surface area contributed by atoms with Crippen LogP contribution in [0, 0.1) is 11.7 Å². The van der Waals surface area contributed by atoms with Crippen molar-refractivity contribution in [1.29, 1.82) is 0 Å². The van der Waals surface area contributed by atoms with E-state index in [2.05, 4.69) is 0 Å². The molecule has 1 aromatic rings. The fraction of sp³-hybridized carbons (Fsp3) is 0.500. The minimum atomic E-state index is -5.26. The van der Waals surface area contributed by atoms with Crippen LogP contribution in [-0.2, 0) is 0 Å². The second kappa shape index (κ2) is 6.11. The fourth-order valence-electron chi connectivity index (χ4n) is 1.71. The van der Waals surface area contributed by atoms with Crippen LogP contribution in [0.1, 0.15) is 26.7 Å². The highest BCUT2D eigenvalue weighted by molar-refractivity contribution is 6.74. The van der Waals surface area contributed by atoms with Gasteiger partial charge in [0.25, 0.3) is 0 Å². The first-order chi connectivity index (χ1) is 8.34. The Morgan fingerprint density at radius 2 is 1.94 bits per heavy atom. The van der Waals surface area contributed by atoms with Crippen LogP contribution in [-0.4, -0.2) is 13.6 Å². The monoisotopic (exact) mass is 263 g/mol. The molecule has 0 saturated heterocycles. The maximum atomic E-state index is 12.9. The number of halogens is 4. The summed E-state index contributed by atoms with van der Waals surface area (Å²) in [5.41, 5.74) is -1.00. The van der Waals surface area contributed by atoms with E-state index in [9.17, 15) is 17.3 Å². The molecule has 102 valence electrons. The average Bonchev–Trinajstić information content (AvgIpc) is 2.26. The van der Waals surface area contributed by atoms with Crippen molar-refractivity contribution in [2.45, 2.75) is 26.7 Å². The van der Waals surface area contributed by atoms with E-state index < -0.39 is 18.3 Å². The largest absolute Gasteiger partial charge is 0.513 e. The van der Waals surface area contributed by atoms with Gasteiger partial charge in [-0.2, -0.15) is 0 Å². The van der Waals surface area contributed by atoms with Gasteiger partial charge in [0.2, 0.25) is 0 Å². The Hall–Kier alpha value is -1.20. The number of benzene rings is 1. The molecule has 0 radical (unpaired) electrons. The summed E-state index contributed by atoms with van der Waals surface area (Å²) in [5.74, 6) is -1.02. The van der Waals surface area contributed by atoms with Gasteiger partial charge in [0, 0.05) is 0 Å². The summed E-state index contributed by atoms with van der Waals surface area (Å²) in [7, 11) is 0. The van der Waals surface area contributed by atoms with Crippen LogP contribution >= 0.6 is 0 Å². The van der Waals surface area contributed by atoms with Crippen molar-refractivity contribution in [3.63, 3.8) is 0 Å². The van der Waals surface area contributed by atoms with E-state index in [0.717, 1.165) is 25.0 Å². The molecule has 0 N–H and O–H groups in total. The Morgan fingerprint density at radius 3 is 2.50 bits per heavy atom. The minimum Gasteiger partial charge on any atom is -0.496 e. The van der Waals surface area contributed by atoms with E-state index in [4.69, 9.17) is 4.74 Å². The van der Waals surface area contributed by atoms with E-state index in [0.29, 0.717) is 6.07 Å². The molecule has 18 heavy (non-hydrogen) atoms. The quantitative estimate of drug-likeness (QED) is 0.561. The maximum Gasteiger partial charge on any atom is 0.513 e. The molecule has 0 spiro atoms. The van der Waals surface area contributed by atoms with E-state index in [1.165, 1.54) is 0 Å². The summed E-state index contributed by atoms with van der Waals surface area (Å²) in [5, 5.41) is 0. The van der Waals surface area contributed by atoms with Crippen molar-refractivity contribution in [1.82, 2.24) is 0 Å². The van der Waals surface area contributed by atoms with Gasteiger partial charge in [0.05, 0.1) is 12.4 Å². The molecule has 0 aliphatic carbocycles. The van der Waals surface area contributed by atoms with E-state index in [1.807, 2.05) is 13.8 Å². The van der Waals surface area contributed by atoms with Crippen LogP contribution in [0.15, 0.2) is 18.2 Å². The van der Waals surface area contributed by atoms with Gasteiger partial charge in [-0.15, -0.1) is 0 Å². The van der Waals surface area contributed by atoms with E-state index in [1.54, 1.807) is 0 Å². The molecule has 0 heterocycles. The standard InChI is InChI=1S/C12H16BF4O/c1-3-4-9(2)8-18-12-6-5-10(14)7-11(12)13(15,16)17/h5-7,9H,3-4,8H2,1-2H3/q-1. The molecule has 0 bridgehead atoms. The Bertz CT molecular complexity index is 392. The molecule has 6 heteroatoms. The van der Waals surface area contributed by atoms with Crippen LogP contribution in [0.4, 0.5) is 17.3 Å². The lowest BCUT2D eigenvalue weighted by atomic mass is 9.79. The minimum absolute atomic E-state index is 0.175. The molecule has 1 nitrogen and oxygen atoms in total. The van der Waals surface area contributed by atoms with Gasteiger partial charge in [-0.1, -0.05) is 25.7 Å². The Labute approximate surface area is 104 Å². The molecule has 0 saturated carbocycles. The second-order valence-electron chi connectivity index (χ2n) is 4.46. The third kappa shape index (κ3) is 4.24. The lowest BCUT2D eigenvalue weighted by molar-refractivity contribution is 0.252. The third-order valence-corrected chi connectivity index (χ3v) is 2.63. The highest BCUT2D eigenvalue weighted by atomic mass is 19.4. The number of hydrogen-bond donors (Lipinski definition) is 0. The fourth-order valence-corrected chi connectivity index (χ4v) is 1.71. The van der Waals surface area contributed by atoms with Crippen molar-refractivity contribution < 1.29 is 22.1 Å². The average molecular weight is 263 g/mol. The van der Waals surface area contributed by atoms with Gasteiger partial charge in [0.1, 0.15) is 5.82 Å². The molecule has 1 aromatic carbocycles. The summed E-state index contributed by atoms with van der Waals surface area (Å²) in [6.07, 6.45) is 1.83. The van der Waals surface area contributed by atoms with Crippen LogP contribution < -0.4 is 10.2 Å². The maximum absolute atomic E-state index is 12.9. The molecule has 0 fully saturated rings. The van der Waals surface area contributed by atoms with Gasteiger partial charge in [-0.05, 0) is 30.5 Å². The molecule has 1 unspecified atom stereocenters. The topological polar surface area (TPSA) is 9.23 Å². The highest BCUT2D eigenvalue weighted by Gasteiger charge is 2.29. The van der Waals surface area contributed by atoms with Crippen molar-refractivity contribution in [2.24, 2.45) is 5.92 Å². The van der Waals surface area contributed by atoms with Crippen LogP contribution in [0.25, 0.3) is 0 Å². The molecule has 0 amide bonds. The van der Waals surface area contributed by atoms with Crippen LogP contribution in [0.3, 0.4) is 0 Å². The van der Waals surface area contributed by atoms with Gasteiger partial charge < -0.3 is 17.7 Å². The normalized spacial score (nSPS) is 13.4. The highest BCUT2D eigenvalue weighted by Crippen LogP contribution is 2.19. The summed E-state index contributed by atoms with van der Waals surface area (Å²) in [6.45, 7) is -1.15. The van der Waals surface area contributed by atoms with Crippen molar-refractivity contribution in [3.8, 4) is 5.75 Å². The third-order valence-electron chi connectivity index (χ3n) is 2.63. The molecule has 1 rings (SSSR count). The second-order valence-corrected chi connectivity index (χ2v) is 4.46. The molecule has 0 aliphatic rings. The molecule has 0 aromatic heterocycles. The summed E-state index contributed by atoms with van der Waals surface area (Å²) in [6, 6.07) is 2.50. The van der Waals surface area contributed by atoms with Gasteiger partial charge in [-0.3, -0.25) is 0 Å². The Balaban J connectivity index is 2.82. The first kappa shape index (κ1) is 14.9. The van der Waals surface area contributed by atoms with Crippen molar-refractivity contribution in [3.05, 3.63) is 24.0 Å².